The maximum atomic E-state index is 3.44. The fraction of sp³-hybridized carbons (Fsp3) is 1.00. The van der Waals surface area contributed by atoms with E-state index < -0.39 is 0 Å². The largest absolute Gasteiger partial charge is 0.317 e. The molecule has 1 aliphatic heterocycles. The van der Waals surface area contributed by atoms with Crippen molar-refractivity contribution >= 4 is 0 Å². The number of hydrogen-bond acceptors (Lipinski definition) is 2. The molecule has 1 rings (SSSR count). The van der Waals surface area contributed by atoms with E-state index in [0.717, 1.165) is 18.5 Å². The molecule has 2 nitrogen and oxygen atoms in total. The predicted octanol–water partition coefficient (Wildman–Crippen LogP) is 0.984. The number of rotatable bonds is 5. The van der Waals surface area contributed by atoms with E-state index in [9.17, 15) is 0 Å². The highest BCUT2D eigenvalue weighted by atomic mass is 15.0. The average molecular weight is 156 g/mol. The Bertz CT molecular complexity index is 102. The van der Waals surface area contributed by atoms with Crippen molar-refractivity contribution in [2.45, 2.75) is 32.7 Å². The molecule has 0 aliphatic carbocycles. The lowest BCUT2D eigenvalue weighted by atomic mass is 9.87. The van der Waals surface area contributed by atoms with Crippen molar-refractivity contribution in [1.82, 2.24) is 10.6 Å². The van der Waals surface area contributed by atoms with Gasteiger partial charge < -0.3 is 10.6 Å². The van der Waals surface area contributed by atoms with E-state index in [-0.39, 0.29) is 0 Å². The van der Waals surface area contributed by atoms with Gasteiger partial charge in [0.05, 0.1) is 0 Å². The van der Waals surface area contributed by atoms with Crippen molar-refractivity contribution in [1.29, 1.82) is 0 Å². The molecule has 1 aliphatic rings. The van der Waals surface area contributed by atoms with Crippen LogP contribution in [0.4, 0.5) is 0 Å². The maximum absolute atomic E-state index is 3.44. The summed E-state index contributed by atoms with van der Waals surface area (Å²) in [5.74, 6) is 0.944. The van der Waals surface area contributed by atoms with E-state index in [1.165, 1.54) is 25.9 Å². The molecule has 0 radical (unpaired) electrons. The summed E-state index contributed by atoms with van der Waals surface area (Å²) in [4.78, 5) is 0. The number of hydrogen-bond donors (Lipinski definition) is 2. The Hall–Kier alpha value is -0.0800. The van der Waals surface area contributed by atoms with Gasteiger partial charge in [-0.2, -0.15) is 0 Å². The Morgan fingerprint density at radius 3 is 2.73 bits per heavy atom. The molecule has 0 aromatic heterocycles. The molecule has 1 saturated heterocycles. The van der Waals surface area contributed by atoms with Gasteiger partial charge in [-0.05, 0) is 38.4 Å². The molecule has 2 unspecified atom stereocenters. The molecule has 0 saturated carbocycles. The van der Waals surface area contributed by atoms with Crippen molar-refractivity contribution < 1.29 is 0 Å². The van der Waals surface area contributed by atoms with E-state index in [0.29, 0.717) is 0 Å². The zero-order valence-electron chi connectivity index (χ0n) is 7.69. The third-order valence-corrected chi connectivity index (χ3v) is 2.59. The summed E-state index contributed by atoms with van der Waals surface area (Å²) in [6, 6.07) is 0.814. The van der Waals surface area contributed by atoms with Gasteiger partial charge in [0.15, 0.2) is 0 Å². The van der Waals surface area contributed by atoms with Gasteiger partial charge in [-0.1, -0.05) is 13.8 Å². The second-order valence-corrected chi connectivity index (χ2v) is 3.33. The van der Waals surface area contributed by atoms with Gasteiger partial charge in [0.1, 0.15) is 0 Å². The van der Waals surface area contributed by atoms with Gasteiger partial charge in [0.2, 0.25) is 0 Å². The van der Waals surface area contributed by atoms with Crippen molar-refractivity contribution in [2.75, 3.05) is 19.6 Å². The van der Waals surface area contributed by atoms with E-state index in [2.05, 4.69) is 24.5 Å². The average Bonchev–Trinajstić information content (AvgIpc) is 1.97. The van der Waals surface area contributed by atoms with Gasteiger partial charge in [-0.25, -0.2) is 0 Å². The summed E-state index contributed by atoms with van der Waals surface area (Å²) in [6.45, 7) is 7.97. The smallest absolute Gasteiger partial charge is 0.0105 e. The first kappa shape index (κ1) is 9.01. The minimum Gasteiger partial charge on any atom is -0.317 e. The maximum Gasteiger partial charge on any atom is 0.0105 e. The quantitative estimate of drug-likeness (QED) is 0.580. The molecule has 0 amide bonds. The van der Waals surface area contributed by atoms with E-state index in [4.69, 9.17) is 0 Å². The summed E-state index contributed by atoms with van der Waals surface area (Å²) < 4.78 is 0. The molecule has 0 bridgehead atoms. The molecule has 1 heterocycles. The number of nitrogens with one attached hydrogen (secondary N) is 2. The lowest BCUT2D eigenvalue weighted by Gasteiger charge is -2.37. The van der Waals surface area contributed by atoms with Gasteiger partial charge in [0, 0.05) is 6.04 Å². The van der Waals surface area contributed by atoms with Gasteiger partial charge >= 0.3 is 0 Å². The summed E-state index contributed by atoms with van der Waals surface area (Å²) in [5.41, 5.74) is 0. The standard InChI is InChI=1S/C9H20N2/c1-3-9-8(7-11-9)5-6-10-4-2/h8-11H,3-7H2,1-2H3. The van der Waals surface area contributed by atoms with Crippen LogP contribution >= 0.6 is 0 Å². The highest BCUT2D eigenvalue weighted by Crippen LogP contribution is 2.18. The Labute approximate surface area is 69.8 Å². The zero-order chi connectivity index (χ0) is 8.10. The van der Waals surface area contributed by atoms with Crippen molar-refractivity contribution in [3.8, 4) is 0 Å². The molecule has 66 valence electrons. The lowest BCUT2D eigenvalue weighted by Crippen LogP contribution is -2.53. The Kier molecular flexibility index (Phi) is 3.87. The van der Waals surface area contributed by atoms with E-state index >= 15 is 0 Å². The van der Waals surface area contributed by atoms with Crippen LogP contribution in [0.5, 0.6) is 0 Å². The van der Waals surface area contributed by atoms with Crippen molar-refractivity contribution in [2.24, 2.45) is 5.92 Å². The van der Waals surface area contributed by atoms with Crippen LogP contribution in [0.3, 0.4) is 0 Å². The van der Waals surface area contributed by atoms with Crippen LogP contribution in [0, 0.1) is 5.92 Å². The van der Waals surface area contributed by atoms with Gasteiger partial charge in [0.25, 0.3) is 0 Å². The Morgan fingerprint density at radius 2 is 2.27 bits per heavy atom. The third-order valence-electron chi connectivity index (χ3n) is 2.59. The zero-order valence-corrected chi connectivity index (χ0v) is 7.69. The topological polar surface area (TPSA) is 24.1 Å². The van der Waals surface area contributed by atoms with Crippen LogP contribution in [0.1, 0.15) is 26.7 Å². The molecule has 0 aromatic carbocycles. The van der Waals surface area contributed by atoms with Gasteiger partial charge in [-0.15, -0.1) is 0 Å². The molecular weight excluding hydrogens is 136 g/mol. The first-order chi connectivity index (χ1) is 5.38. The summed E-state index contributed by atoms with van der Waals surface area (Å²) in [6.07, 6.45) is 2.64. The predicted molar refractivity (Wildman–Crippen MR) is 48.7 cm³/mol. The summed E-state index contributed by atoms with van der Waals surface area (Å²) >= 11 is 0. The minimum absolute atomic E-state index is 0.814. The molecule has 2 heteroatoms. The van der Waals surface area contributed by atoms with Crippen LogP contribution in [-0.2, 0) is 0 Å². The molecule has 2 N–H and O–H groups in total. The van der Waals surface area contributed by atoms with E-state index in [1.54, 1.807) is 0 Å². The Balaban J connectivity index is 1.98. The van der Waals surface area contributed by atoms with Gasteiger partial charge in [-0.3, -0.25) is 0 Å². The normalized spacial score (nSPS) is 30.0. The molecular formula is C9H20N2. The van der Waals surface area contributed by atoms with Crippen LogP contribution < -0.4 is 10.6 Å². The Morgan fingerprint density at radius 1 is 1.45 bits per heavy atom. The second kappa shape index (κ2) is 4.73. The fourth-order valence-corrected chi connectivity index (χ4v) is 1.70. The molecule has 2 atom stereocenters. The molecule has 11 heavy (non-hydrogen) atoms. The minimum atomic E-state index is 0.814. The summed E-state index contributed by atoms with van der Waals surface area (Å²) in [7, 11) is 0. The summed E-state index contributed by atoms with van der Waals surface area (Å²) in [5, 5.41) is 6.81. The first-order valence-electron chi connectivity index (χ1n) is 4.82. The van der Waals surface area contributed by atoms with Crippen molar-refractivity contribution in [3.05, 3.63) is 0 Å². The monoisotopic (exact) mass is 156 g/mol. The van der Waals surface area contributed by atoms with Crippen LogP contribution in [0.25, 0.3) is 0 Å². The second-order valence-electron chi connectivity index (χ2n) is 3.33. The van der Waals surface area contributed by atoms with E-state index in [1.807, 2.05) is 0 Å². The SMILES string of the molecule is CCNCCC1CNC1CC. The lowest BCUT2D eigenvalue weighted by molar-refractivity contribution is 0.211. The molecule has 1 fully saturated rings. The third kappa shape index (κ3) is 2.46. The highest BCUT2D eigenvalue weighted by molar-refractivity contribution is 4.86. The molecule has 0 spiro atoms. The molecule has 0 aromatic rings. The fourth-order valence-electron chi connectivity index (χ4n) is 1.70. The first-order valence-corrected chi connectivity index (χ1v) is 4.82. The van der Waals surface area contributed by atoms with Crippen LogP contribution in [-0.4, -0.2) is 25.7 Å². The van der Waals surface area contributed by atoms with Crippen molar-refractivity contribution in [3.63, 3.8) is 0 Å². The van der Waals surface area contributed by atoms with Crippen LogP contribution in [0.2, 0.25) is 0 Å². The highest BCUT2D eigenvalue weighted by Gasteiger charge is 2.27. The van der Waals surface area contributed by atoms with Crippen LogP contribution in [0.15, 0.2) is 0 Å².